The first-order valence-corrected chi connectivity index (χ1v) is 5.18. The summed E-state index contributed by atoms with van der Waals surface area (Å²) in [5.74, 6) is -0.720. The molecule has 0 bridgehead atoms. The lowest BCUT2D eigenvalue weighted by Crippen LogP contribution is -2.16. The summed E-state index contributed by atoms with van der Waals surface area (Å²) in [5, 5.41) is 0. The molecule has 0 aromatic heterocycles. The molecule has 0 aliphatic rings. The first-order valence-electron chi connectivity index (χ1n) is 5.18. The predicted octanol–water partition coefficient (Wildman–Crippen LogP) is 2.58. The molecule has 0 amide bonds. The van der Waals surface area contributed by atoms with Crippen LogP contribution in [-0.2, 0) is 6.18 Å². The maximum atomic E-state index is 13.4. The molecule has 0 spiro atoms. The van der Waals surface area contributed by atoms with Crippen LogP contribution in [0.4, 0.5) is 17.6 Å². The van der Waals surface area contributed by atoms with Crippen LogP contribution in [0, 0.1) is 5.82 Å². The van der Waals surface area contributed by atoms with Crippen molar-refractivity contribution >= 4 is 0 Å². The summed E-state index contributed by atoms with van der Waals surface area (Å²) in [7, 11) is 0. The SMILES string of the molecule is NCCC[C@@H](N)c1cc(C(F)(F)F)ccc1F. The van der Waals surface area contributed by atoms with Crippen LogP contribution < -0.4 is 11.5 Å². The van der Waals surface area contributed by atoms with E-state index in [1.54, 1.807) is 0 Å². The van der Waals surface area contributed by atoms with Gasteiger partial charge in [0.2, 0.25) is 0 Å². The second kappa shape index (κ2) is 5.46. The molecule has 0 heterocycles. The molecule has 0 saturated heterocycles. The molecule has 1 atom stereocenters. The molecule has 0 aliphatic heterocycles. The fourth-order valence-electron chi connectivity index (χ4n) is 1.50. The van der Waals surface area contributed by atoms with Crippen molar-refractivity contribution in [3.63, 3.8) is 0 Å². The van der Waals surface area contributed by atoms with Gasteiger partial charge in [-0.3, -0.25) is 0 Å². The molecule has 6 heteroatoms. The molecule has 17 heavy (non-hydrogen) atoms. The maximum absolute atomic E-state index is 13.4. The van der Waals surface area contributed by atoms with E-state index in [0.29, 0.717) is 25.5 Å². The number of benzene rings is 1. The zero-order valence-electron chi connectivity index (χ0n) is 9.10. The van der Waals surface area contributed by atoms with E-state index in [4.69, 9.17) is 11.5 Å². The van der Waals surface area contributed by atoms with Crippen molar-refractivity contribution in [2.45, 2.75) is 25.1 Å². The average molecular weight is 250 g/mol. The van der Waals surface area contributed by atoms with Crippen LogP contribution in [0.25, 0.3) is 0 Å². The van der Waals surface area contributed by atoms with Crippen molar-refractivity contribution in [2.24, 2.45) is 11.5 Å². The quantitative estimate of drug-likeness (QED) is 0.807. The van der Waals surface area contributed by atoms with Crippen LogP contribution in [-0.4, -0.2) is 6.54 Å². The molecule has 0 unspecified atom stereocenters. The van der Waals surface area contributed by atoms with Gasteiger partial charge in [-0.1, -0.05) is 0 Å². The summed E-state index contributed by atoms with van der Waals surface area (Å²) < 4.78 is 50.7. The third-order valence-electron chi connectivity index (χ3n) is 2.44. The molecule has 1 aromatic rings. The lowest BCUT2D eigenvalue weighted by molar-refractivity contribution is -0.137. The highest BCUT2D eigenvalue weighted by atomic mass is 19.4. The monoisotopic (exact) mass is 250 g/mol. The minimum Gasteiger partial charge on any atom is -0.330 e. The number of hydrogen-bond donors (Lipinski definition) is 2. The Bertz CT molecular complexity index is 376. The van der Waals surface area contributed by atoms with Crippen molar-refractivity contribution in [3.8, 4) is 0 Å². The molecule has 0 aliphatic carbocycles. The van der Waals surface area contributed by atoms with Gasteiger partial charge in [-0.05, 0) is 37.6 Å². The Morgan fingerprint density at radius 3 is 2.41 bits per heavy atom. The minimum atomic E-state index is -4.49. The zero-order valence-corrected chi connectivity index (χ0v) is 9.10. The number of nitrogens with two attached hydrogens (primary N) is 2. The third kappa shape index (κ3) is 3.67. The molecular formula is C11H14F4N2. The van der Waals surface area contributed by atoms with Gasteiger partial charge in [-0.25, -0.2) is 4.39 Å². The van der Waals surface area contributed by atoms with Crippen LogP contribution in [0.5, 0.6) is 0 Å². The van der Waals surface area contributed by atoms with Crippen molar-refractivity contribution in [3.05, 3.63) is 35.1 Å². The normalized spacial score (nSPS) is 13.8. The Morgan fingerprint density at radius 1 is 1.24 bits per heavy atom. The molecule has 4 N–H and O–H groups in total. The van der Waals surface area contributed by atoms with Crippen LogP contribution >= 0.6 is 0 Å². The predicted molar refractivity (Wildman–Crippen MR) is 56.6 cm³/mol. The standard InChI is InChI=1S/C11H14F4N2/c12-9-4-3-7(11(13,14)15)6-8(9)10(17)2-1-5-16/h3-4,6,10H,1-2,5,16-17H2/t10-/m1/s1. The van der Waals surface area contributed by atoms with Crippen LogP contribution in [0.3, 0.4) is 0 Å². The number of hydrogen-bond acceptors (Lipinski definition) is 2. The van der Waals surface area contributed by atoms with Crippen molar-refractivity contribution in [2.75, 3.05) is 6.54 Å². The minimum absolute atomic E-state index is 0.117. The topological polar surface area (TPSA) is 52.0 Å². The number of halogens is 4. The lowest BCUT2D eigenvalue weighted by atomic mass is 10.00. The van der Waals surface area contributed by atoms with Gasteiger partial charge in [0.05, 0.1) is 5.56 Å². The Kier molecular flexibility index (Phi) is 4.47. The van der Waals surface area contributed by atoms with Gasteiger partial charge in [0.15, 0.2) is 0 Å². The van der Waals surface area contributed by atoms with Crippen LogP contribution in [0.15, 0.2) is 18.2 Å². The summed E-state index contributed by atoms with van der Waals surface area (Å²) >= 11 is 0. The molecular weight excluding hydrogens is 236 g/mol. The summed E-state index contributed by atoms with van der Waals surface area (Å²) in [5.41, 5.74) is 9.89. The Hall–Kier alpha value is -1.14. The van der Waals surface area contributed by atoms with Crippen molar-refractivity contribution < 1.29 is 17.6 Å². The Morgan fingerprint density at radius 2 is 1.88 bits per heavy atom. The fraction of sp³-hybridized carbons (Fsp3) is 0.455. The lowest BCUT2D eigenvalue weighted by Gasteiger charge is -2.15. The highest BCUT2D eigenvalue weighted by Crippen LogP contribution is 2.32. The molecule has 96 valence electrons. The number of alkyl halides is 3. The molecule has 1 rings (SSSR count). The first-order chi connectivity index (χ1) is 7.86. The fourth-order valence-corrected chi connectivity index (χ4v) is 1.50. The van der Waals surface area contributed by atoms with Crippen molar-refractivity contribution in [1.29, 1.82) is 0 Å². The van der Waals surface area contributed by atoms with E-state index >= 15 is 0 Å². The summed E-state index contributed by atoms with van der Waals surface area (Å²) in [4.78, 5) is 0. The molecule has 1 aromatic carbocycles. The summed E-state index contributed by atoms with van der Waals surface area (Å²) in [6.07, 6.45) is -3.60. The van der Waals surface area contributed by atoms with Gasteiger partial charge < -0.3 is 11.5 Å². The highest BCUT2D eigenvalue weighted by Gasteiger charge is 2.31. The smallest absolute Gasteiger partial charge is 0.330 e. The second-order valence-electron chi connectivity index (χ2n) is 3.77. The van der Waals surface area contributed by atoms with Crippen molar-refractivity contribution in [1.82, 2.24) is 0 Å². The first kappa shape index (κ1) is 13.9. The van der Waals surface area contributed by atoms with E-state index in [1.807, 2.05) is 0 Å². The maximum Gasteiger partial charge on any atom is 0.416 e. The summed E-state index contributed by atoms with van der Waals surface area (Å²) in [6, 6.07) is 1.49. The Labute approximate surface area is 96.6 Å². The van der Waals surface area contributed by atoms with Gasteiger partial charge >= 0.3 is 6.18 Å². The zero-order chi connectivity index (χ0) is 13.1. The van der Waals surface area contributed by atoms with Gasteiger partial charge in [-0.15, -0.1) is 0 Å². The average Bonchev–Trinajstić information content (AvgIpc) is 2.24. The highest BCUT2D eigenvalue weighted by molar-refractivity contribution is 5.29. The number of rotatable bonds is 4. The summed E-state index contributed by atoms with van der Waals surface area (Å²) in [6.45, 7) is 0.369. The Balaban J connectivity index is 2.98. The molecule has 2 nitrogen and oxygen atoms in total. The van der Waals surface area contributed by atoms with Gasteiger partial charge in [0, 0.05) is 11.6 Å². The van der Waals surface area contributed by atoms with Crippen LogP contribution in [0.1, 0.15) is 30.0 Å². The van der Waals surface area contributed by atoms with E-state index in [1.165, 1.54) is 0 Å². The van der Waals surface area contributed by atoms with E-state index in [9.17, 15) is 17.6 Å². The largest absolute Gasteiger partial charge is 0.416 e. The molecule has 0 radical (unpaired) electrons. The third-order valence-corrected chi connectivity index (χ3v) is 2.44. The van der Waals surface area contributed by atoms with Gasteiger partial charge in [0.25, 0.3) is 0 Å². The van der Waals surface area contributed by atoms with E-state index < -0.39 is 23.6 Å². The van der Waals surface area contributed by atoms with E-state index in [0.717, 1.165) is 12.1 Å². The van der Waals surface area contributed by atoms with E-state index in [2.05, 4.69) is 0 Å². The van der Waals surface area contributed by atoms with Gasteiger partial charge in [-0.2, -0.15) is 13.2 Å². The van der Waals surface area contributed by atoms with Gasteiger partial charge in [0.1, 0.15) is 5.82 Å². The molecule has 0 fully saturated rings. The van der Waals surface area contributed by atoms with Crippen LogP contribution in [0.2, 0.25) is 0 Å². The molecule has 0 saturated carbocycles. The second-order valence-corrected chi connectivity index (χ2v) is 3.77. The van der Waals surface area contributed by atoms with E-state index in [-0.39, 0.29) is 5.56 Å².